The van der Waals surface area contributed by atoms with E-state index >= 15 is 0 Å². The van der Waals surface area contributed by atoms with Gasteiger partial charge in [0.1, 0.15) is 29.6 Å². The Kier molecular flexibility index (Phi) is 14.8. The van der Waals surface area contributed by atoms with E-state index in [9.17, 15) is 54.0 Å². The van der Waals surface area contributed by atoms with Gasteiger partial charge in [-0.25, -0.2) is 4.79 Å². The summed E-state index contributed by atoms with van der Waals surface area (Å²) in [5, 5.41) is 46.6. The maximum Gasteiger partial charge on any atom is 0.326 e. The van der Waals surface area contributed by atoms with Crippen LogP contribution in [0.25, 0.3) is 22.3 Å². The second-order valence-electron chi connectivity index (χ2n) is 15.3. The van der Waals surface area contributed by atoms with Gasteiger partial charge in [-0.1, -0.05) is 73.7 Å². The maximum atomic E-state index is 14.0. The molecule has 0 fully saturated rings. The van der Waals surface area contributed by atoms with Crippen LogP contribution in [0.4, 0.5) is 0 Å². The summed E-state index contributed by atoms with van der Waals surface area (Å²) in [7, 11) is 2.72. The molecule has 0 radical (unpaired) electrons. The van der Waals surface area contributed by atoms with Crippen LogP contribution in [0.2, 0.25) is 0 Å². The number of aromatic hydroxyl groups is 2. The first-order valence-corrected chi connectivity index (χ1v) is 19.8. The number of carbonyl (C=O) groups is 7. The molecule has 0 unspecified atom stereocenters. The van der Waals surface area contributed by atoms with Crippen molar-refractivity contribution in [3.63, 3.8) is 0 Å². The van der Waals surface area contributed by atoms with Crippen LogP contribution in [0.15, 0.2) is 91.0 Å². The molecular formula is C46H50N4O11. The van der Waals surface area contributed by atoms with Crippen LogP contribution in [0.5, 0.6) is 11.5 Å². The maximum absolute atomic E-state index is 14.0. The molecule has 15 nitrogen and oxygen atoms in total. The third kappa shape index (κ3) is 11.0. The van der Waals surface area contributed by atoms with Gasteiger partial charge < -0.3 is 40.9 Å². The van der Waals surface area contributed by atoms with Crippen molar-refractivity contribution in [2.45, 2.75) is 70.1 Å². The van der Waals surface area contributed by atoms with Crippen LogP contribution in [0.3, 0.4) is 0 Å². The number of aliphatic hydroxyl groups is 1. The van der Waals surface area contributed by atoms with Crippen molar-refractivity contribution in [3.8, 4) is 33.8 Å². The summed E-state index contributed by atoms with van der Waals surface area (Å²) < 4.78 is 0. The summed E-state index contributed by atoms with van der Waals surface area (Å²) >= 11 is 0. The Labute approximate surface area is 353 Å². The van der Waals surface area contributed by atoms with Crippen molar-refractivity contribution >= 4 is 41.2 Å². The molecule has 4 aromatic carbocycles. The number of likely N-dealkylation sites (N-methyl/N-ethyl adjacent to an activating group) is 2. The first kappa shape index (κ1) is 45.2. The fourth-order valence-corrected chi connectivity index (χ4v) is 7.20. The van der Waals surface area contributed by atoms with E-state index in [0.717, 1.165) is 20.9 Å². The van der Waals surface area contributed by atoms with E-state index in [1.165, 1.54) is 64.3 Å². The fraction of sp³-hybridized carbons (Fsp3) is 0.326. The Morgan fingerprint density at radius 2 is 1.43 bits per heavy atom. The quantitative estimate of drug-likeness (QED) is 0.114. The van der Waals surface area contributed by atoms with Crippen molar-refractivity contribution in [2.75, 3.05) is 20.7 Å². The minimum atomic E-state index is -1.37. The molecule has 1 heterocycles. The van der Waals surface area contributed by atoms with Crippen molar-refractivity contribution in [3.05, 3.63) is 108 Å². The second-order valence-corrected chi connectivity index (χ2v) is 15.3. The standard InChI is InChI=1S/C46H50N4O11/c1-26-20-40(55)43(32-15-17-39(54)34(24-32)33-21-29(12-16-38(33)53)22-35(46(60)61)48-44(26)58)50(4)41(56)19-18-37(52)27(2)47-45(59)36(25-51)49(3)42(57)23-28-10-13-31(14-11-28)30-8-6-5-7-9-30/h5-17,21,24,26-27,35-36,43,51,53-54H,18-20,22-23,25H2,1-4H3,(H,47,59)(H,48,58)(H,60,61)/t26-,27-,35+,36-,43+/m1/s1. The molecule has 0 aromatic heterocycles. The number of hydrogen-bond donors (Lipinski definition) is 6. The van der Waals surface area contributed by atoms with Gasteiger partial charge in [0, 0.05) is 56.8 Å². The van der Waals surface area contributed by atoms with Crippen LogP contribution in [-0.2, 0) is 46.4 Å². The highest BCUT2D eigenvalue weighted by molar-refractivity contribution is 5.97. The molecule has 0 saturated heterocycles. The van der Waals surface area contributed by atoms with Crippen molar-refractivity contribution in [2.24, 2.45) is 5.92 Å². The van der Waals surface area contributed by atoms with Crippen LogP contribution in [0.1, 0.15) is 55.8 Å². The zero-order valence-corrected chi connectivity index (χ0v) is 34.3. The topological polar surface area (TPSA) is 231 Å². The third-order valence-electron chi connectivity index (χ3n) is 11.0. The Hall–Kier alpha value is -6.87. The number of amides is 4. The highest BCUT2D eigenvalue weighted by Crippen LogP contribution is 2.39. The lowest BCUT2D eigenvalue weighted by Crippen LogP contribution is -2.53. The molecule has 61 heavy (non-hydrogen) atoms. The SMILES string of the molecule is C[C@@H]1CC(=O)[C@@H](N(C)C(=O)CCC(=O)[C@@H](C)NC(=O)[C@@H](CO)N(C)C(=O)Cc2ccc(-c3ccccc3)cc2)c2ccc(O)c(c2)-c2cc(ccc2O)C[C@@H](C(=O)O)NC1=O. The summed E-state index contributed by atoms with van der Waals surface area (Å²) in [5.41, 5.74) is 3.57. The number of phenols is 2. The van der Waals surface area contributed by atoms with Crippen molar-refractivity contribution < 1.29 is 54.0 Å². The molecule has 5 rings (SSSR count). The summed E-state index contributed by atoms with van der Waals surface area (Å²) in [6.07, 6.45) is -1.35. The predicted molar refractivity (Wildman–Crippen MR) is 224 cm³/mol. The summed E-state index contributed by atoms with van der Waals surface area (Å²) in [5.74, 6) is -6.56. The molecule has 15 heteroatoms. The number of carbonyl (C=O) groups excluding carboxylic acids is 6. The van der Waals surface area contributed by atoms with Gasteiger partial charge in [0.15, 0.2) is 11.6 Å². The summed E-state index contributed by atoms with van der Waals surface area (Å²) in [6.45, 7) is 2.14. The van der Waals surface area contributed by atoms with Gasteiger partial charge >= 0.3 is 5.97 Å². The lowest BCUT2D eigenvalue weighted by atomic mass is 9.89. The number of carboxylic acids is 1. The normalized spacial score (nSPS) is 17.5. The molecule has 4 amide bonds. The third-order valence-corrected chi connectivity index (χ3v) is 11.0. The van der Waals surface area contributed by atoms with Gasteiger partial charge in [0.2, 0.25) is 23.6 Å². The monoisotopic (exact) mass is 834 g/mol. The molecule has 0 saturated carbocycles. The molecule has 6 N–H and O–H groups in total. The number of Topliss-reactive ketones (excluding diaryl/α,β-unsaturated/α-hetero) is 2. The van der Waals surface area contributed by atoms with Gasteiger partial charge in [0.25, 0.3) is 0 Å². The largest absolute Gasteiger partial charge is 0.507 e. The van der Waals surface area contributed by atoms with Gasteiger partial charge in [0.05, 0.1) is 19.1 Å². The predicted octanol–water partition coefficient (Wildman–Crippen LogP) is 3.57. The van der Waals surface area contributed by atoms with Crippen LogP contribution in [0, 0.1) is 5.92 Å². The lowest BCUT2D eigenvalue weighted by molar-refractivity contribution is -0.143. The van der Waals surface area contributed by atoms with Crippen LogP contribution >= 0.6 is 0 Å². The van der Waals surface area contributed by atoms with E-state index in [1.54, 1.807) is 0 Å². The molecule has 320 valence electrons. The number of nitrogens with zero attached hydrogens (tertiary/aromatic N) is 2. The molecule has 0 aliphatic carbocycles. The second kappa shape index (κ2) is 19.9. The Bertz CT molecular complexity index is 2300. The van der Waals surface area contributed by atoms with Crippen LogP contribution in [-0.4, -0.2) is 110 Å². The number of aliphatic carboxylic acids is 1. The average Bonchev–Trinajstić information content (AvgIpc) is 3.23. The molecule has 0 spiro atoms. The first-order valence-electron chi connectivity index (χ1n) is 19.8. The molecular weight excluding hydrogens is 785 g/mol. The average molecular weight is 835 g/mol. The smallest absolute Gasteiger partial charge is 0.326 e. The van der Waals surface area contributed by atoms with E-state index in [-0.39, 0.29) is 47.5 Å². The number of rotatable bonds is 13. The number of phenolic OH excluding ortho intramolecular Hbond substituents is 2. The lowest BCUT2D eigenvalue weighted by Gasteiger charge is -2.30. The molecule has 4 bridgehead atoms. The van der Waals surface area contributed by atoms with E-state index < -0.39 is 90.7 Å². The minimum absolute atomic E-state index is 0.0403. The van der Waals surface area contributed by atoms with Gasteiger partial charge in [-0.05, 0) is 59.0 Å². The zero-order chi connectivity index (χ0) is 44.5. The highest BCUT2D eigenvalue weighted by Gasteiger charge is 2.34. The number of fused-ring (bicyclic) bond motifs is 5. The van der Waals surface area contributed by atoms with E-state index in [2.05, 4.69) is 10.6 Å². The summed E-state index contributed by atoms with van der Waals surface area (Å²) in [4.78, 5) is 94.9. The van der Waals surface area contributed by atoms with Crippen LogP contribution < -0.4 is 10.6 Å². The number of carboxylic acid groups (broad SMARTS) is 1. The van der Waals surface area contributed by atoms with E-state index in [0.29, 0.717) is 11.1 Å². The van der Waals surface area contributed by atoms with Gasteiger partial charge in [-0.3, -0.25) is 28.8 Å². The highest BCUT2D eigenvalue weighted by atomic mass is 16.4. The van der Waals surface area contributed by atoms with E-state index in [4.69, 9.17) is 0 Å². The minimum Gasteiger partial charge on any atom is -0.507 e. The Morgan fingerprint density at radius 1 is 0.803 bits per heavy atom. The van der Waals surface area contributed by atoms with Crippen molar-refractivity contribution in [1.29, 1.82) is 0 Å². The number of ketones is 2. The van der Waals surface area contributed by atoms with Gasteiger partial charge in [-0.2, -0.15) is 0 Å². The molecule has 4 aromatic rings. The zero-order valence-electron chi connectivity index (χ0n) is 34.3. The van der Waals surface area contributed by atoms with Crippen molar-refractivity contribution in [1.82, 2.24) is 20.4 Å². The Morgan fingerprint density at radius 3 is 2.07 bits per heavy atom. The number of hydrogen-bond acceptors (Lipinski definition) is 10. The van der Waals surface area contributed by atoms with Gasteiger partial charge in [-0.15, -0.1) is 0 Å². The fourth-order valence-electron chi connectivity index (χ4n) is 7.20. The molecule has 1 aliphatic heterocycles. The number of aliphatic hydroxyl groups excluding tert-OH is 1. The number of benzene rings is 4. The molecule has 1 aliphatic rings. The Balaban J connectivity index is 1.26. The first-order chi connectivity index (χ1) is 29.0. The number of nitrogens with one attached hydrogen (secondary N) is 2. The molecule has 5 atom stereocenters. The van der Waals surface area contributed by atoms with E-state index in [1.807, 2.05) is 54.6 Å². The summed E-state index contributed by atoms with van der Waals surface area (Å²) in [6, 6.07) is 20.4.